The Morgan fingerprint density at radius 2 is 1.68 bits per heavy atom. The van der Waals surface area contributed by atoms with Crippen molar-refractivity contribution in [1.29, 1.82) is 0 Å². The Kier molecular flexibility index (Phi) is 4.99. The maximum Gasteiger partial charge on any atom is 0.246 e. The fourth-order valence-corrected chi connectivity index (χ4v) is 4.42. The van der Waals surface area contributed by atoms with Gasteiger partial charge >= 0.3 is 0 Å². The summed E-state index contributed by atoms with van der Waals surface area (Å²) in [7, 11) is 1.42. The summed E-state index contributed by atoms with van der Waals surface area (Å²) in [5, 5.41) is 0. The zero-order valence-electron chi connectivity index (χ0n) is 13.7. The molecule has 1 aliphatic rings. The lowest BCUT2D eigenvalue weighted by atomic mass is 10.1. The molecule has 1 saturated heterocycles. The Morgan fingerprint density at radius 1 is 1.09 bits per heavy atom. The van der Waals surface area contributed by atoms with Crippen LogP contribution in [0.15, 0.2) is 23.1 Å². The van der Waals surface area contributed by atoms with Gasteiger partial charge in [-0.15, -0.1) is 0 Å². The third kappa shape index (κ3) is 3.06. The highest BCUT2D eigenvalue weighted by Crippen LogP contribution is 2.32. The van der Waals surface area contributed by atoms with E-state index < -0.39 is 10.0 Å². The fourth-order valence-electron chi connectivity index (χ4n) is 2.68. The Morgan fingerprint density at radius 3 is 2.18 bits per heavy atom. The quantitative estimate of drug-likeness (QED) is 0.836. The van der Waals surface area contributed by atoms with Crippen LogP contribution in [0.1, 0.15) is 13.8 Å². The number of likely N-dealkylation sites (N-methyl/N-ethyl adjacent to an activating group) is 1. The van der Waals surface area contributed by atoms with Crippen LogP contribution in [0, 0.1) is 0 Å². The van der Waals surface area contributed by atoms with Crippen LogP contribution in [0.5, 0.6) is 11.5 Å². The van der Waals surface area contributed by atoms with Crippen LogP contribution in [0.3, 0.4) is 0 Å². The number of sulfonamides is 1. The molecule has 0 radical (unpaired) electrons. The fraction of sp³-hybridized carbons (Fsp3) is 0.600. The molecule has 1 aromatic carbocycles. The van der Waals surface area contributed by atoms with Crippen molar-refractivity contribution in [2.45, 2.75) is 30.8 Å². The van der Waals surface area contributed by atoms with Gasteiger partial charge in [0.15, 0.2) is 0 Å². The molecule has 1 aromatic rings. The molecule has 0 aromatic heterocycles. The average Bonchev–Trinajstić information content (AvgIpc) is 2.51. The molecule has 0 aliphatic carbocycles. The highest BCUT2D eigenvalue weighted by molar-refractivity contribution is 7.89. The third-order valence-electron chi connectivity index (χ3n) is 4.31. The van der Waals surface area contributed by atoms with Crippen molar-refractivity contribution in [3.05, 3.63) is 18.2 Å². The van der Waals surface area contributed by atoms with Crippen molar-refractivity contribution in [3.63, 3.8) is 0 Å². The molecule has 1 aliphatic heterocycles. The van der Waals surface area contributed by atoms with E-state index in [1.54, 1.807) is 18.2 Å². The molecule has 1 heterocycles. The average molecular weight is 328 g/mol. The van der Waals surface area contributed by atoms with Crippen LogP contribution in [0.2, 0.25) is 0 Å². The molecular formula is C15H24N2O4S. The molecule has 7 heteroatoms. The number of hydrogen-bond acceptors (Lipinski definition) is 5. The Bertz CT molecular complexity index is 620. The van der Waals surface area contributed by atoms with Crippen molar-refractivity contribution in [3.8, 4) is 11.5 Å². The van der Waals surface area contributed by atoms with Crippen LogP contribution in [0.4, 0.5) is 0 Å². The number of methoxy groups -OCH3 is 2. The smallest absolute Gasteiger partial charge is 0.246 e. The molecule has 22 heavy (non-hydrogen) atoms. The normalized spacial score (nSPS) is 24.2. The summed E-state index contributed by atoms with van der Waals surface area (Å²) in [5.41, 5.74) is 0. The topological polar surface area (TPSA) is 59.1 Å². The summed E-state index contributed by atoms with van der Waals surface area (Å²) in [6, 6.07) is 5.11. The van der Waals surface area contributed by atoms with Crippen LogP contribution >= 0.6 is 0 Å². The lowest BCUT2D eigenvalue weighted by Gasteiger charge is -2.41. The van der Waals surface area contributed by atoms with Gasteiger partial charge in [0.05, 0.1) is 14.2 Å². The standard InChI is InChI=1S/C15H24N2O4S/c1-11-9-17(10-12(2)16(11)3)22(18,19)15-7-6-13(20-4)8-14(15)21-5/h6-8,11-12H,9-10H2,1-5H3. The molecule has 124 valence electrons. The largest absolute Gasteiger partial charge is 0.497 e. The van der Waals surface area contributed by atoms with Gasteiger partial charge in [0.2, 0.25) is 10.0 Å². The van der Waals surface area contributed by atoms with Crippen LogP contribution in [-0.4, -0.2) is 64.1 Å². The predicted octanol–water partition coefficient (Wildman–Crippen LogP) is 1.42. The first-order valence-electron chi connectivity index (χ1n) is 7.25. The second-order valence-corrected chi connectivity index (χ2v) is 7.61. The molecule has 0 bridgehead atoms. The van der Waals surface area contributed by atoms with Gasteiger partial charge in [-0.05, 0) is 33.0 Å². The van der Waals surface area contributed by atoms with Crippen molar-refractivity contribution in [2.24, 2.45) is 0 Å². The minimum absolute atomic E-state index is 0.169. The summed E-state index contributed by atoms with van der Waals surface area (Å²) in [6.45, 7) is 5.00. The minimum Gasteiger partial charge on any atom is -0.497 e. The van der Waals surface area contributed by atoms with E-state index in [1.165, 1.54) is 18.5 Å². The molecule has 2 atom stereocenters. The number of benzene rings is 1. The number of nitrogens with zero attached hydrogens (tertiary/aromatic N) is 2. The summed E-state index contributed by atoms with van der Waals surface area (Å²) in [4.78, 5) is 2.37. The van der Waals surface area contributed by atoms with Gasteiger partial charge in [-0.25, -0.2) is 8.42 Å². The first kappa shape index (κ1) is 17.1. The summed E-state index contributed by atoms with van der Waals surface area (Å²) < 4.78 is 37.8. The van der Waals surface area contributed by atoms with E-state index in [4.69, 9.17) is 9.47 Å². The van der Waals surface area contributed by atoms with Crippen LogP contribution in [0.25, 0.3) is 0 Å². The van der Waals surface area contributed by atoms with E-state index >= 15 is 0 Å². The first-order chi connectivity index (χ1) is 10.3. The van der Waals surface area contributed by atoms with E-state index in [2.05, 4.69) is 4.90 Å². The van der Waals surface area contributed by atoms with Gasteiger partial charge < -0.3 is 9.47 Å². The van der Waals surface area contributed by atoms with Crippen molar-refractivity contribution < 1.29 is 17.9 Å². The van der Waals surface area contributed by atoms with E-state index in [-0.39, 0.29) is 17.0 Å². The van der Waals surface area contributed by atoms with E-state index in [0.29, 0.717) is 24.6 Å². The van der Waals surface area contributed by atoms with E-state index in [1.807, 2.05) is 20.9 Å². The third-order valence-corrected chi connectivity index (χ3v) is 6.19. The zero-order chi connectivity index (χ0) is 16.5. The monoisotopic (exact) mass is 328 g/mol. The SMILES string of the molecule is COc1ccc(S(=O)(=O)N2CC(C)N(C)C(C)C2)c(OC)c1. The Labute approximate surface area is 132 Å². The van der Waals surface area contributed by atoms with Gasteiger partial charge in [-0.2, -0.15) is 4.31 Å². The first-order valence-corrected chi connectivity index (χ1v) is 8.69. The van der Waals surface area contributed by atoms with Gasteiger partial charge in [-0.3, -0.25) is 4.90 Å². The number of hydrogen-bond donors (Lipinski definition) is 0. The van der Waals surface area contributed by atoms with Crippen LogP contribution < -0.4 is 9.47 Å². The van der Waals surface area contributed by atoms with Crippen LogP contribution in [-0.2, 0) is 10.0 Å². The second-order valence-electron chi connectivity index (χ2n) is 5.70. The maximum atomic E-state index is 13.0. The zero-order valence-corrected chi connectivity index (χ0v) is 14.6. The Balaban J connectivity index is 2.38. The second kappa shape index (κ2) is 6.44. The van der Waals surface area contributed by atoms with Crippen molar-refractivity contribution in [1.82, 2.24) is 9.21 Å². The van der Waals surface area contributed by atoms with Crippen molar-refractivity contribution >= 4 is 10.0 Å². The molecule has 0 N–H and O–H groups in total. The highest BCUT2D eigenvalue weighted by atomic mass is 32.2. The van der Waals surface area contributed by atoms with Crippen molar-refractivity contribution in [2.75, 3.05) is 34.4 Å². The summed E-state index contributed by atoms with van der Waals surface area (Å²) in [5.74, 6) is 0.870. The van der Waals surface area contributed by atoms with Gasteiger partial charge in [0, 0.05) is 31.2 Å². The van der Waals surface area contributed by atoms with Gasteiger partial charge in [0.1, 0.15) is 16.4 Å². The maximum absolute atomic E-state index is 13.0. The summed E-state index contributed by atoms with van der Waals surface area (Å²) in [6.07, 6.45) is 0. The molecule has 6 nitrogen and oxygen atoms in total. The van der Waals surface area contributed by atoms with E-state index in [9.17, 15) is 8.42 Å². The molecular weight excluding hydrogens is 304 g/mol. The molecule has 1 fully saturated rings. The highest BCUT2D eigenvalue weighted by Gasteiger charge is 2.35. The molecule has 2 unspecified atom stereocenters. The lowest BCUT2D eigenvalue weighted by molar-refractivity contribution is 0.105. The van der Waals surface area contributed by atoms with Gasteiger partial charge in [0.25, 0.3) is 0 Å². The number of ether oxygens (including phenoxy) is 2. The molecule has 0 amide bonds. The lowest BCUT2D eigenvalue weighted by Crippen LogP contribution is -2.56. The molecule has 0 saturated carbocycles. The Hall–Kier alpha value is -1.31. The van der Waals surface area contributed by atoms with Gasteiger partial charge in [-0.1, -0.05) is 0 Å². The number of rotatable bonds is 4. The predicted molar refractivity (Wildman–Crippen MR) is 85.0 cm³/mol. The summed E-state index contributed by atoms with van der Waals surface area (Å²) >= 11 is 0. The molecule has 0 spiro atoms. The molecule has 2 rings (SSSR count). The van der Waals surface area contributed by atoms with E-state index in [0.717, 1.165) is 0 Å². The number of piperazine rings is 1. The minimum atomic E-state index is -3.59.